The number of carbonyl (C=O) groups is 1. The number of hydrogen-bond donors (Lipinski definition) is 3. The molecule has 0 saturated carbocycles. The first kappa shape index (κ1) is 8.95. The molecule has 1 aromatic heterocycles. The Balaban J connectivity index is 2.07. The summed E-state index contributed by atoms with van der Waals surface area (Å²) in [5.74, 6) is 0.132. The number of aliphatic carboxylic acids is 1. The summed E-state index contributed by atoms with van der Waals surface area (Å²) in [6.07, 6.45) is 0.164. The highest BCUT2D eigenvalue weighted by Gasteiger charge is 2.19. The molecule has 0 radical (unpaired) electrons. The lowest BCUT2D eigenvalue weighted by Gasteiger charge is -2.01. The van der Waals surface area contributed by atoms with Crippen LogP contribution in [0.2, 0.25) is 0 Å². The zero-order chi connectivity index (χ0) is 10.1. The summed E-state index contributed by atoms with van der Waals surface area (Å²) in [5, 5.41) is 15.7. The molecule has 2 rings (SSSR count). The number of nitrogens with one attached hydrogen (secondary N) is 1. The largest absolute Gasteiger partial charge is 0.480 e. The van der Waals surface area contributed by atoms with Crippen molar-refractivity contribution in [3.63, 3.8) is 0 Å². The van der Waals surface area contributed by atoms with E-state index in [4.69, 9.17) is 10.8 Å². The molecule has 1 aliphatic heterocycles. The molecule has 4 N–H and O–H groups in total. The van der Waals surface area contributed by atoms with Gasteiger partial charge in [0.1, 0.15) is 6.04 Å². The minimum absolute atomic E-state index is 0.164. The van der Waals surface area contributed by atoms with Gasteiger partial charge in [0, 0.05) is 13.0 Å². The highest BCUT2D eigenvalue weighted by molar-refractivity contribution is 5.73. The van der Waals surface area contributed by atoms with E-state index in [1.165, 1.54) is 0 Å². The van der Waals surface area contributed by atoms with Crippen molar-refractivity contribution in [1.29, 1.82) is 0 Å². The molecule has 76 valence electrons. The van der Waals surface area contributed by atoms with E-state index in [9.17, 15) is 4.79 Å². The smallest absolute Gasteiger partial charge is 0.320 e. The Morgan fingerprint density at radius 2 is 2.57 bits per heavy atom. The van der Waals surface area contributed by atoms with Gasteiger partial charge < -0.3 is 16.2 Å². The maximum Gasteiger partial charge on any atom is 0.320 e. The molecule has 0 amide bonds. The maximum atomic E-state index is 10.5. The van der Waals surface area contributed by atoms with Crippen LogP contribution in [0.4, 0.5) is 5.95 Å². The molecule has 1 atom stereocenters. The van der Waals surface area contributed by atoms with Crippen LogP contribution in [0.1, 0.15) is 5.82 Å². The zero-order valence-electron chi connectivity index (χ0n) is 7.47. The SMILES string of the molecule is NC(Cc1nc2n(n1)CCN2)C(=O)O. The van der Waals surface area contributed by atoms with Crippen LogP contribution in [0, 0.1) is 0 Å². The van der Waals surface area contributed by atoms with Crippen LogP contribution < -0.4 is 11.1 Å². The highest BCUT2D eigenvalue weighted by atomic mass is 16.4. The Labute approximate surface area is 79.9 Å². The van der Waals surface area contributed by atoms with E-state index in [0.717, 1.165) is 13.1 Å². The molecule has 14 heavy (non-hydrogen) atoms. The van der Waals surface area contributed by atoms with Crippen molar-refractivity contribution in [3.8, 4) is 0 Å². The number of fused-ring (bicyclic) bond motifs is 1. The summed E-state index contributed by atoms with van der Waals surface area (Å²) in [7, 11) is 0. The summed E-state index contributed by atoms with van der Waals surface area (Å²) in [6.45, 7) is 1.59. The Hall–Kier alpha value is -1.63. The summed E-state index contributed by atoms with van der Waals surface area (Å²) in [6, 6.07) is -0.932. The minimum Gasteiger partial charge on any atom is -0.480 e. The number of nitrogens with zero attached hydrogens (tertiary/aromatic N) is 3. The Kier molecular flexibility index (Phi) is 2.08. The quantitative estimate of drug-likeness (QED) is 0.553. The van der Waals surface area contributed by atoms with Gasteiger partial charge in [0.25, 0.3) is 0 Å². The lowest BCUT2D eigenvalue weighted by atomic mass is 10.2. The fourth-order valence-electron chi connectivity index (χ4n) is 1.32. The van der Waals surface area contributed by atoms with Crippen molar-refractivity contribution >= 4 is 11.9 Å². The molecular weight excluding hydrogens is 186 g/mol. The standard InChI is InChI=1S/C7H11N5O2/c8-4(6(13)14)3-5-10-7-9-1-2-12(7)11-5/h4H,1-3,8H2,(H,13,14)(H,9,10,11). The molecule has 1 unspecified atom stereocenters. The van der Waals surface area contributed by atoms with Crippen LogP contribution in [0.25, 0.3) is 0 Å². The molecular formula is C7H11N5O2. The molecule has 1 aliphatic rings. The third-order valence-corrected chi connectivity index (χ3v) is 2.04. The van der Waals surface area contributed by atoms with Crippen molar-refractivity contribution in [2.75, 3.05) is 11.9 Å². The van der Waals surface area contributed by atoms with Gasteiger partial charge in [-0.15, -0.1) is 0 Å². The van der Waals surface area contributed by atoms with Crippen molar-refractivity contribution in [3.05, 3.63) is 5.82 Å². The number of aromatic nitrogens is 3. The molecule has 0 bridgehead atoms. The average Bonchev–Trinajstić information content (AvgIpc) is 2.63. The number of nitrogens with two attached hydrogens (primary N) is 1. The molecule has 0 spiro atoms. The molecule has 7 nitrogen and oxygen atoms in total. The van der Waals surface area contributed by atoms with Gasteiger partial charge in [-0.25, -0.2) is 4.68 Å². The van der Waals surface area contributed by atoms with Crippen molar-refractivity contribution in [2.24, 2.45) is 5.73 Å². The van der Waals surface area contributed by atoms with E-state index in [1.807, 2.05) is 0 Å². The third-order valence-electron chi connectivity index (χ3n) is 2.04. The van der Waals surface area contributed by atoms with Gasteiger partial charge >= 0.3 is 5.97 Å². The second kappa shape index (κ2) is 3.26. The highest BCUT2D eigenvalue weighted by Crippen LogP contribution is 2.10. The lowest BCUT2D eigenvalue weighted by Crippen LogP contribution is -2.32. The number of hydrogen-bond acceptors (Lipinski definition) is 5. The first-order valence-corrected chi connectivity index (χ1v) is 4.33. The first-order valence-electron chi connectivity index (χ1n) is 4.33. The second-order valence-electron chi connectivity index (χ2n) is 3.15. The Morgan fingerprint density at radius 3 is 3.21 bits per heavy atom. The number of rotatable bonds is 3. The van der Waals surface area contributed by atoms with Crippen LogP contribution in [0.3, 0.4) is 0 Å². The van der Waals surface area contributed by atoms with Crippen molar-refractivity contribution in [1.82, 2.24) is 14.8 Å². The predicted molar refractivity (Wildman–Crippen MR) is 47.8 cm³/mol. The molecule has 7 heteroatoms. The number of carboxylic acid groups (broad SMARTS) is 1. The number of anilines is 1. The molecule has 2 heterocycles. The molecule has 0 aromatic carbocycles. The monoisotopic (exact) mass is 197 g/mol. The van der Waals surface area contributed by atoms with Crippen LogP contribution in [-0.2, 0) is 17.8 Å². The van der Waals surface area contributed by atoms with Crippen LogP contribution in [0.5, 0.6) is 0 Å². The minimum atomic E-state index is -1.03. The summed E-state index contributed by atoms with van der Waals surface area (Å²) in [4.78, 5) is 14.6. The van der Waals surface area contributed by atoms with Crippen LogP contribution in [0.15, 0.2) is 0 Å². The maximum absolute atomic E-state index is 10.5. The van der Waals surface area contributed by atoms with Gasteiger partial charge in [-0.3, -0.25) is 4.79 Å². The lowest BCUT2D eigenvalue weighted by molar-refractivity contribution is -0.138. The van der Waals surface area contributed by atoms with Gasteiger partial charge in [-0.2, -0.15) is 10.1 Å². The van der Waals surface area contributed by atoms with E-state index in [0.29, 0.717) is 11.8 Å². The topological polar surface area (TPSA) is 106 Å². The van der Waals surface area contributed by atoms with Gasteiger partial charge in [0.15, 0.2) is 5.82 Å². The van der Waals surface area contributed by atoms with Gasteiger partial charge in [0.2, 0.25) is 5.95 Å². The number of carboxylic acids is 1. The van der Waals surface area contributed by atoms with E-state index in [2.05, 4.69) is 15.4 Å². The average molecular weight is 197 g/mol. The fourth-order valence-corrected chi connectivity index (χ4v) is 1.32. The molecule has 0 fully saturated rings. The third kappa shape index (κ3) is 1.53. The van der Waals surface area contributed by atoms with Crippen LogP contribution >= 0.6 is 0 Å². The van der Waals surface area contributed by atoms with E-state index >= 15 is 0 Å². The predicted octanol–water partition coefficient (Wildman–Crippen LogP) is -1.34. The summed E-state index contributed by atoms with van der Waals surface area (Å²) in [5.41, 5.74) is 5.36. The van der Waals surface area contributed by atoms with E-state index in [-0.39, 0.29) is 6.42 Å². The molecule has 1 aromatic rings. The summed E-state index contributed by atoms with van der Waals surface area (Å²) >= 11 is 0. The normalized spacial score (nSPS) is 16.1. The molecule has 0 aliphatic carbocycles. The first-order chi connectivity index (χ1) is 6.66. The van der Waals surface area contributed by atoms with Crippen LogP contribution in [-0.4, -0.2) is 38.4 Å². The van der Waals surface area contributed by atoms with E-state index in [1.54, 1.807) is 4.68 Å². The Morgan fingerprint density at radius 1 is 1.79 bits per heavy atom. The molecule has 0 saturated heterocycles. The second-order valence-corrected chi connectivity index (χ2v) is 3.15. The van der Waals surface area contributed by atoms with Gasteiger partial charge in [-0.1, -0.05) is 0 Å². The van der Waals surface area contributed by atoms with E-state index < -0.39 is 12.0 Å². The van der Waals surface area contributed by atoms with Crippen molar-refractivity contribution in [2.45, 2.75) is 19.0 Å². The van der Waals surface area contributed by atoms with Crippen molar-refractivity contribution < 1.29 is 9.90 Å². The van der Waals surface area contributed by atoms with Gasteiger partial charge in [-0.05, 0) is 0 Å². The zero-order valence-corrected chi connectivity index (χ0v) is 7.47. The Bertz CT molecular complexity index is 339. The summed E-state index contributed by atoms with van der Waals surface area (Å²) < 4.78 is 1.71. The van der Waals surface area contributed by atoms with Gasteiger partial charge in [0.05, 0.1) is 6.54 Å². The fraction of sp³-hybridized carbons (Fsp3) is 0.571.